The summed E-state index contributed by atoms with van der Waals surface area (Å²) >= 11 is 0. The molecular weight excluding hydrogens is 508 g/mol. The Morgan fingerprint density at radius 1 is 0.780 bits per heavy atom. The summed E-state index contributed by atoms with van der Waals surface area (Å²) in [7, 11) is 1.44. The zero-order valence-corrected chi connectivity index (χ0v) is 25.8. The predicted octanol–water partition coefficient (Wildman–Crippen LogP) is 8.74. The standard InChI is InChI=1S/C37H48O4/c1-7-28(3)24-31(30-18-12-9-13-19-30)26-37(32-20-14-10-15-21-32,33-22-16-11-17-23-33)27-36(5,35(39)40-6)25-29(4)34(38)41-8-2/h9-23,28-29,31H,7-8,24-27H2,1-6H3. The zero-order chi connectivity index (χ0) is 29.9. The maximum Gasteiger partial charge on any atom is 0.311 e. The molecule has 3 aromatic carbocycles. The van der Waals surface area contributed by atoms with Crippen LogP contribution in [0.15, 0.2) is 91.0 Å². The molecule has 4 nitrogen and oxygen atoms in total. The van der Waals surface area contributed by atoms with E-state index in [4.69, 9.17) is 9.47 Å². The molecule has 4 heteroatoms. The van der Waals surface area contributed by atoms with Crippen LogP contribution in [-0.4, -0.2) is 25.7 Å². The van der Waals surface area contributed by atoms with E-state index in [1.54, 1.807) is 6.92 Å². The molecule has 0 aliphatic heterocycles. The van der Waals surface area contributed by atoms with Crippen LogP contribution in [0.1, 0.15) is 89.3 Å². The van der Waals surface area contributed by atoms with Crippen molar-refractivity contribution in [3.63, 3.8) is 0 Å². The summed E-state index contributed by atoms with van der Waals surface area (Å²) in [5.74, 6) is -0.237. The van der Waals surface area contributed by atoms with Crippen molar-refractivity contribution in [1.82, 2.24) is 0 Å². The van der Waals surface area contributed by atoms with Gasteiger partial charge in [-0.1, -0.05) is 118 Å². The molecule has 0 aliphatic carbocycles. The van der Waals surface area contributed by atoms with Gasteiger partial charge in [0.15, 0.2) is 0 Å². The molecule has 0 radical (unpaired) electrons. The quantitative estimate of drug-likeness (QED) is 0.176. The van der Waals surface area contributed by atoms with E-state index in [2.05, 4.69) is 92.7 Å². The number of benzene rings is 3. The minimum atomic E-state index is -0.940. The fourth-order valence-corrected chi connectivity index (χ4v) is 6.51. The number of rotatable bonds is 15. The van der Waals surface area contributed by atoms with Crippen LogP contribution in [0, 0.1) is 17.3 Å². The molecular formula is C37H48O4. The Morgan fingerprint density at radius 2 is 1.29 bits per heavy atom. The van der Waals surface area contributed by atoms with Gasteiger partial charge in [-0.15, -0.1) is 0 Å². The normalized spacial score (nSPS) is 15.3. The van der Waals surface area contributed by atoms with Crippen LogP contribution in [0.4, 0.5) is 0 Å². The maximum atomic E-state index is 13.7. The number of methoxy groups -OCH3 is 1. The third kappa shape index (κ3) is 8.09. The molecule has 0 saturated heterocycles. The monoisotopic (exact) mass is 556 g/mol. The first-order valence-corrected chi connectivity index (χ1v) is 15.1. The van der Waals surface area contributed by atoms with E-state index in [0.717, 1.165) is 30.4 Å². The third-order valence-electron chi connectivity index (χ3n) is 8.72. The minimum Gasteiger partial charge on any atom is -0.469 e. The molecule has 4 unspecified atom stereocenters. The molecule has 0 saturated carbocycles. The van der Waals surface area contributed by atoms with Gasteiger partial charge in [-0.3, -0.25) is 9.59 Å². The number of carbonyl (C=O) groups is 2. The van der Waals surface area contributed by atoms with Gasteiger partial charge < -0.3 is 9.47 Å². The highest BCUT2D eigenvalue weighted by atomic mass is 16.5. The lowest BCUT2D eigenvalue weighted by atomic mass is 9.59. The van der Waals surface area contributed by atoms with Gasteiger partial charge in [-0.05, 0) is 68.1 Å². The Morgan fingerprint density at radius 3 is 1.76 bits per heavy atom. The van der Waals surface area contributed by atoms with E-state index < -0.39 is 16.7 Å². The van der Waals surface area contributed by atoms with Gasteiger partial charge in [0.25, 0.3) is 0 Å². The molecule has 3 aromatic rings. The first-order valence-electron chi connectivity index (χ1n) is 15.1. The molecule has 0 spiro atoms. The summed E-state index contributed by atoms with van der Waals surface area (Å²) in [6.07, 6.45) is 3.78. The van der Waals surface area contributed by atoms with Gasteiger partial charge in [0.05, 0.1) is 25.0 Å². The van der Waals surface area contributed by atoms with E-state index in [1.165, 1.54) is 12.7 Å². The van der Waals surface area contributed by atoms with Crippen molar-refractivity contribution in [2.45, 2.75) is 78.1 Å². The smallest absolute Gasteiger partial charge is 0.311 e. The van der Waals surface area contributed by atoms with Gasteiger partial charge in [0, 0.05) is 5.41 Å². The van der Waals surface area contributed by atoms with Crippen LogP contribution >= 0.6 is 0 Å². The SMILES string of the molecule is CCOC(=O)C(C)CC(C)(CC(CC(CC(C)CC)c1ccccc1)(c1ccccc1)c1ccccc1)C(=O)OC. The van der Waals surface area contributed by atoms with Crippen molar-refractivity contribution in [3.8, 4) is 0 Å². The Kier molecular flexibility index (Phi) is 11.8. The first kappa shape index (κ1) is 32.1. The summed E-state index contributed by atoms with van der Waals surface area (Å²) in [6, 6.07) is 31.9. The third-order valence-corrected chi connectivity index (χ3v) is 8.72. The van der Waals surface area contributed by atoms with Gasteiger partial charge in [0.2, 0.25) is 0 Å². The number of hydrogen-bond acceptors (Lipinski definition) is 4. The molecule has 0 N–H and O–H groups in total. The van der Waals surface area contributed by atoms with Crippen LogP contribution in [0.3, 0.4) is 0 Å². The van der Waals surface area contributed by atoms with Crippen LogP contribution in [-0.2, 0) is 24.5 Å². The van der Waals surface area contributed by atoms with Crippen LogP contribution in [0.25, 0.3) is 0 Å². The fourth-order valence-electron chi connectivity index (χ4n) is 6.51. The topological polar surface area (TPSA) is 52.6 Å². The second-order valence-corrected chi connectivity index (χ2v) is 12.0. The van der Waals surface area contributed by atoms with Crippen molar-refractivity contribution in [2.24, 2.45) is 17.3 Å². The molecule has 0 heterocycles. The second-order valence-electron chi connectivity index (χ2n) is 12.0. The highest BCUT2D eigenvalue weighted by molar-refractivity contribution is 5.79. The van der Waals surface area contributed by atoms with E-state index in [9.17, 15) is 9.59 Å². The predicted molar refractivity (Wildman–Crippen MR) is 167 cm³/mol. The number of carbonyl (C=O) groups excluding carboxylic acids is 2. The molecule has 0 aromatic heterocycles. The summed E-state index contributed by atoms with van der Waals surface area (Å²) in [5.41, 5.74) is 2.17. The van der Waals surface area contributed by atoms with Crippen molar-refractivity contribution in [2.75, 3.05) is 13.7 Å². The van der Waals surface area contributed by atoms with E-state index in [1.807, 2.05) is 26.0 Å². The van der Waals surface area contributed by atoms with Crippen molar-refractivity contribution in [1.29, 1.82) is 0 Å². The molecule has 41 heavy (non-hydrogen) atoms. The highest BCUT2D eigenvalue weighted by Crippen LogP contribution is 2.51. The van der Waals surface area contributed by atoms with Crippen molar-refractivity contribution >= 4 is 11.9 Å². The molecule has 220 valence electrons. The summed E-state index contributed by atoms with van der Waals surface area (Å²) < 4.78 is 10.8. The zero-order valence-electron chi connectivity index (χ0n) is 25.8. The van der Waals surface area contributed by atoms with Gasteiger partial charge in [-0.25, -0.2) is 0 Å². The van der Waals surface area contributed by atoms with Gasteiger partial charge in [-0.2, -0.15) is 0 Å². The molecule has 0 bridgehead atoms. The van der Waals surface area contributed by atoms with E-state index in [-0.39, 0.29) is 17.9 Å². The van der Waals surface area contributed by atoms with Crippen molar-refractivity contribution in [3.05, 3.63) is 108 Å². The lowest BCUT2D eigenvalue weighted by Gasteiger charge is -2.44. The lowest BCUT2D eigenvalue weighted by molar-refractivity contribution is -0.157. The number of ether oxygens (including phenoxy) is 2. The summed E-state index contributed by atoms with van der Waals surface area (Å²) in [6.45, 7) is 10.5. The Balaban J connectivity index is 2.25. The van der Waals surface area contributed by atoms with Crippen molar-refractivity contribution < 1.29 is 19.1 Å². The van der Waals surface area contributed by atoms with Crippen LogP contribution in [0.5, 0.6) is 0 Å². The van der Waals surface area contributed by atoms with Gasteiger partial charge >= 0.3 is 11.9 Å². The number of esters is 2. The summed E-state index contributed by atoms with van der Waals surface area (Å²) in [5, 5.41) is 0. The Labute approximate surface area is 247 Å². The largest absolute Gasteiger partial charge is 0.469 e. The average molecular weight is 557 g/mol. The average Bonchev–Trinajstić information content (AvgIpc) is 3.01. The minimum absolute atomic E-state index is 0.260. The molecule has 4 atom stereocenters. The van der Waals surface area contributed by atoms with E-state index >= 15 is 0 Å². The highest BCUT2D eigenvalue weighted by Gasteiger charge is 2.48. The Hall–Kier alpha value is -3.40. The van der Waals surface area contributed by atoms with Crippen LogP contribution in [0.2, 0.25) is 0 Å². The van der Waals surface area contributed by atoms with Crippen LogP contribution < -0.4 is 0 Å². The fraction of sp³-hybridized carbons (Fsp3) is 0.459. The first-order chi connectivity index (χ1) is 19.7. The molecule has 3 rings (SSSR count). The molecule has 0 fully saturated rings. The maximum absolute atomic E-state index is 13.7. The van der Waals surface area contributed by atoms with E-state index in [0.29, 0.717) is 25.4 Å². The van der Waals surface area contributed by atoms with Gasteiger partial charge in [0.1, 0.15) is 0 Å². The number of hydrogen-bond donors (Lipinski definition) is 0. The molecule has 0 amide bonds. The lowest BCUT2D eigenvalue weighted by Crippen LogP contribution is -2.42. The Bertz CT molecular complexity index is 1170. The molecule has 0 aliphatic rings. The second kappa shape index (κ2) is 15.0. The summed E-state index contributed by atoms with van der Waals surface area (Å²) in [4.78, 5) is 26.5.